The lowest BCUT2D eigenvalue weighted by atomic mass is 10.0. The number of rotatable bonds is 4. The molecule has 0 aliphatic rings. The van der Waals surface area contributed by atoms with Crippen LogP contribution in [0.4, 0.5) is 6.01 Å². The zero-order valence-corrected chi connectivity index (χ0v) is 11.6. The lowest BCUT2D eigenvalue weighted by Crippen LogP contribution is -2.12. The smallest absolute Gasteiger partial charge is 0.328 e. The molecule has 0 aliphatic carbocycles. The number of carbonyl (C=O) groups excluding carboxylic acids is 1. The summed E-state index contributed by atoms with van der Waals surface area (Å²) in [6.07, 6.45) is 3.91. The molecule has 0 fully saturated rings. The van der Waals surface area contributed by atoms with E-state index in [-0.39, 0.29) is 11.9 Å². The van der Waals surface area contributed by atoms with Gasteiger partial charge >= 0.3 is 12.0 Å². The number of hydrogen-bond acceptors (Lipinski definition) is 4. The number of nitrogens with one attached hydrogen (secondary N) is 1. The standard InChI is InChI=1S/C15H14N2O4/c1-9-3-4-12(7-11(9)5-6-13(18)19)14(20)17-15-16-10(2)8-21-15/h3-8H,1-2H3,(H,18,19)(H,16,17,20)/b6-5+. The number of nitrogens with zero attached hydrogens (tertiary/aromatic N) is 1. The van der Waals surface area contributed by atoms with E-state index in [0.717, 1.165) is 11.6 Å². The Morgan fingerprint density at radius 3 is 2.71 bits per heavy atom. The van der Waals surface area contributed by atoms with E-state index < -0.39 is 5.97 Å². The first-order chi connectivity index (χ1) is 9.95. The number of amides is 1. The van der Waals surface area contributed by atoms with E-state index in [1.54, 1.807) is 25.1 Å². The Labute approximate surface area is 121 Å². The molecule has 0 aliphatic heterocycles. The van der Waals surface area contributed by atoms with Gasteiger partial charge in [0.2, 0.25) is 0 Å². The van der Waals surface area contributed by atoms with E-state index in [0.29, 0.717) is 16.8 Å². The fourth-order valence-electron chi connectivity index (χ4n) is 1.70. The monoisotopic (exact) mass is 286 g/mol. The van der Waals surface area contributed by atoms with E-state index in [4.69, 9.17) is 9.52 Å². The summed E-state index contributed by atoms with van der Waals surface area (Å²) >= 11 is 0. The van der Waals surface area contributed by atoms with Crippen LogP contribution in [-0.4, -0.2) is 22.0 Å². The maximum Gasteiger partial charge on any atom is 0.328 e. The Bertz CT molecular complexity index is 716. The zero-order valence-electron chi connectivity index (χ0n) is 11.6. The number of aromatic nitrogens is 1. The molecule has 1 aromatic heterocycles. The van der Waals surface area contributed by atoms with Crippen molar-refractivity contribution in [2.24, 2.45) is 0 Å². The molecule has 0 spiro atoms. The Hall–Kier alpha value is -2.89. The predicted molar refractivity (Wildman–Crippen MR) is 77.0 cm³/mol. The summed E-state index contributed by atoms with van der Waals surface area (Å²) < 4.78 is 5.05. The van der Waals surface area contributed by atoms with Crippen molar-refractivity contribution >= 4 is 24.0 Å². The second-order valence-electron chi connectivity index (χ2n) is 4.49. The summed E-state index contributed by atoms with van der Waals surface area (Å²) in [7, 11) is 0. The minimum atomic E-state index is -1.04. The van der Waals surface area contributed by atoms with Crippen LogP contribution in [0.5, 0.6) is 0 Å². The van der Waals surface area contributed by atoms with Crippen LogP contribution in [-0.2, 0) is 4.79 Å². The molecule has 108 valence electrons. The van der Waals surface area contributed by atoms with Gasteiger partial charge in [0.25, 0.3) is 5.91 Å². The number of carboxylic acids is 1. The third-order valence-corrected chi connectivity index (χ3v) is 2.79. The first kappa shape index (κ1) is 14.5. The third-order valence-electron chi connectivity index (χ3n) is 2.79. The number of carbonyl (C=O) groups is 2. The SMILES string of the molecule is Cc1coc(NC(=O)c2ccc(C)c(/C=C/C(=O)O)c2)n1. The van der Waals surface area contributed by atoms with Crippen LogP contribution in [0.1, 0.15) is 27.2 Å². The van der Waals surface area contributed by atoms with Gasteiger partial charge in [0.1, 0.15) is 6.26 Å². The number of carboxylic acid groups (broad SMARTS) is 1. The second kappa shape index (κ2) is 6.04. The van der Waals surface area contributed by atoms with Gasteiger partial charge in [-0.25, -0.2) is 4.79 Å². The van der Waals surface area contributed by atoms with Gasteiger partial charge in [-0.2, -0.15) is 4.98 Å². The van der Waals surface area contributed by atoms with Crippen molar-refractivity contribution in [3.8, 4) is 0 Å². The van der Waals surface area contributed by atoms with Gasteiger partial charge in [-0.15, -0.1) is 0 Å². The van der Waals surface area contributed by atoms with Crippen molar-refractivity contribution in [1.82, 2.24) is 4.98 Å². The average Bonchev–Trinajstić information content (AvgIpc) is 2.83. The molecule has 6 nitrogen and oxygen atoms in total. The van der Waals surface area contributed by atoms with E-state index in [1.165, 1.54) is 12.3 Å². The highest BCUT2D eigenvalue weighted by atomic mass is 16.4. The van der Waals surface area contributed by atoms with Crippen LogP contribution in [0.2, 0.25) is 0 Å². The minimum Gasteiger partial charge on any atom is -0.478 e. The van der Waals surface area contributed by atoms with Gasteiger partial charge in [0.05, 0.1) is 5.69 Å². The summed E-state index contributed by atoms with van der Waals surface area (Å²) in [4.78, 5) is 26.6. The molecule has 0 saturated heterocycles. The van der Waals surface area contributed by atoms with Gasteiger partial charge in [-0.1, -0.05) is 6.07 Å². The molecular weight excluding hydrogens is 272 g/mol. The summed E-state index contributed by atoms with van der Waals surface area (Å²) in [5.74, 6) is -1.42. The molecule has 21 heavy (non-hydrogen) atoms. The molecule has 0 unspecified atom stereocenters. The van der Waals surface area contributed by atoms with E-state index in [2.05, 4.69) is 10.3 Å². The lowest BCUT2D eigenvalue weighted by molar-refractivity contribution is -0.131. The van der Waals surface area contributed by atoms with Gasteiger partial charge < -0.3 is 9.52 Å². The van der Waals surface area contributed by atoms with Crippen molar-refractivity contribution in [2.45, 2.75) is 13.8 Å². The van der Waals surface area contributed by atoms with E-state index in [1.807, 2.05) is 6.92 Å². The zero-order chi connectivity index (χ0) is 15.4. The first-order valence-electron chi connectivity index (χ1n) is 6.21. The van der Waals surface area contributed by atoms with Crippen LogP contribution < -0.4 is 5.32 Å². The van der Waals surface area contributed by atoms with E-state index >= 15 is 0 Å². The highest BCUT2D eigenvalue weighted by Gasteiger charge is 2.10. The average molecular weight is 286 g/mol. The molecular formula is C15H14N2O4. The maximum absolute atomic E-state index is 12.1. The summed E-state index contributed by atoms with van der Waals surface area (Å²) in [5.41, 5.74) is 2.59. The quantitative estimate of drug-likeness (QED) is 0.843. The summed E-state index contributed by atoms with van der Waals surface area (Å²) in [6, 6.07) is 5.14. The molecule has 0 radical (unpaired) electrons. The molecule has 2 rings (SSSR count). The number of oxazole rings is 1. The molecule has 1 amide bonds. The molecule has 1 heterocycles. The molecule has 6 heteroatoms. The predicted octanol–water partition coefficient (Wildman–Crippen LogP) is 2.64. The van der Waals surface area contributed by atoms with Crippen molar-refractivity contribution in [3.63, 3.8) is 0 Å². The van der Waals surface area contributed by atoms with Crippen LogP contribution in [0.25, 0.3) is 6.08 Å². The highest BCUT2D eigenvalue weighted by Crippen LogP contribution is 2.15. The third kappa shape index (κ3) is 3.79. The van der Waals surface area contributed by atoms with Gasteiger partial charge in [-0.05, 0) is 43.2 Å². The molecule has 2 N–H and O–H groups in total. The summed E-state index contributed by atoms with van der Waals surface area (Å²) in [5, 5.41) is 11.2. The van der Waals surface area contributed by atoms with Crippen molar-refractivity contribution in [3.05, 3.63) is 52.9 Å². The van der Waals surface area contributed by atoms with Gasteiger partial charge in [-0.3, -0.25) is 10.1 Å². The summed E-state index contributed by atoms with van der Waals surface area (Å²) in [6.45, 7) is 3.58. The minimum absolute atomic E-state index is 0.126. The normalized spacial score (nSPS) is 10.8. The van der Waals surface area contributed by atoms with Crippen LogP contribution in [0, 0.1) is 13.8 Å². The second-order valence-corrected chi connectivity index (χ2v) is 4.49. The van der Waals surface area contributed by atoms with Crippen LogP contribution in [0.3, 0.4) is 0 Å². The number of anilines is 1. The van der Waals surface area contributed by atoms with Gasteiger partial charge in [0.15, 0.2) is 0 Å². The molecule has 2 aromatic rings. The van der Waals surface area contributed by atoms with Crippen LogP contribution >= 0.6 is 0 Å². The van der Waals surface area contributed by atoms with Crippen LogP contribution in [0.15, 0.2) is 35.0 Å². The fourth-order valence-corrected chi connectivity index (χ4v) is 1.70. The van der Waals surface area contributed by atoms with Gasteiger partial charge in [0, 0.05) is 11.6 Å². The first-order valence-corrected chi connectivity index (χ1v) is 6.21. The van der Waals surface area contributed by atoms with Crippen molar-refractivity contribution < 1.29 is 19.1 Å². The maximum atomic E-state index is 12.1. The number of aryl methyl sites for hydroxylation is 2. The van der Waals surface area contributed by atoms with Crippen molar-refractivity contribution in [1.29, 1.82) is 0 Å². The molecule has 0 atom stereocenters. The van der Waals surface area contributed by atoms with Crippen molar-refractivity contribution in [2.75, 3.05) is 5.32 Å². The Kier molecular flexibility index (Phi) is 4.18. The number of hydrogen-bond donors (Lipinski definition) is 2. The highest BCUT2D eigenvalue weighted by molar-refractivity contribution is 6.03. The Morgan fingerprint density at radius 1 is 1.33 bits per heavy atom. The lowest BCUT2D eigenvalue weighted by Gasteiger charge is -2.05. The largest absolute Gasteiger partial charge is 0.478 e. The molecule has 1 aromatic carbocycles. The molecule has 0 saturated carbocycles. The Balaban J connectivity index is 2.21. The number of benzene rings is 1. The molecule has 0 bridgehead atoms. The Morgan fingerprint density at radius 2 is 2.10 bits per heavy atom. The fraction of sp³-hybridized carbons (Fsp3) is 0.133. The number of aliphatic carboxylic acids is 1. The van der Waals surface area contributed by atoms with E-state index in [9.17, 15) is 9.59 Å². The topological polar surface area (TPSA) is 92.4 Å².